The smallest absolute Gasteiger partial charge is 0.121 e. The number of hydrogen-bond donors (Lipinski definition) is 1. The minimum absolute atomic E-state index is 0.600. The molecule has 0 unspecified atom stereocenters. The van der Waals surface area contributed by atoms with Gasteiger partial charge in [0, 0.05) is 10.2 Å². The van der Waals surface area contributed by atoms with Crippen LogP contribution in [-0.4, -0.2) is 7.11 Å². The molecule has 0 bridgehead atoms. The lowest BCUT2D eigenvalue weighted by Gasteiger charge is -2.11. The third-order valence-corrected chi connectivity index (χ3v) is 3.27. The van der Waals surface area contributed by atoms with Crippen LogP contribution < -0.4 is 10.1 Å². The van der Waals surface area contributed by atoms with Crippen molar-refractivity contribution >= 4 is 27.3 Å². The van der Waals surface area contributed by atoms with Gasteiger partial charge in [-0.25, -0.2) is 0 Å². The van der Waals surface area contributed by atoms with Crippen molar-refractivity contribution in [3.05, 3.63) is 52.0 Å². The Balaban J connectivity index is 2.31. The van der Waals surface area contributed by atoms with E-state index in [2.05, 4.69) is 27.3 Å². The van der Waals surface area contributed by atoms with Gasteiger partial charge in [0.05, 0.1) is 18.4 Å². The maximum absolute atomic E-state index is 9.13. The minimum atomic E-state index is 0.600. The molecular formula is C15H13BrN2O. The third kappa shape index (κ3) is 3.07. The average Bonchev–Trinajstić information content (AvgIpc) is 2.41. The summed E-state index contributed by atoms with van der Waals surface area (Å²) in [6.07, 6.45) is 0. The molecule has 0 aliphatic carbocycles. The molecule has 3 nitrogen and oxygen atoms in total. The molecular weight excluding hydrogens is 304 g/mol. The molecule has 0 atom stereocenters. The summed E-state index contributed by atoms with van der Waals surface area (Å²) in [5.74, 6) is 0.849. The second-order valence-corrected chi connectivity index (χ2v) is 5.03. The van der Waals surface area contributed by atoms with E-state index >= 15 is 0 Å². The van der Waals surface area contributed by atoms with E-state index in [9.17, 15) is 0 Å². The van der Waals surface area contributed by atoms with Crippen LogP contribution in [0.5, 0.6) is 5.75 Å². The van der Waals surface area contributed by atoms with Crippen LogP contribution in [-0.2, 0) is 0 Å². The highest BCUT2D eigenvalue weighted by atomic mass is 79.9. The first-order valence-corrected chi connectivity index (χ1v) is 6.54. The Labute approximate surface area is 121 Å². The Morgan fingerprint density at radius 2 is 2.00 bits per heavy atom. The number of aryl methyl sites for hydroxylation is 1. The molecule has 0 saturated heterocycles. The van der Waals surface area contributed by atoms with E-state index in [0.717, 1.165) is 27.2 Å². The van der Waals surface area contributed by atoms with Crippen LogP contribution in [0.15, 0.2) is 40.9 Å². The summed E-state index contributed by atoms with van der Waals surface area (Å²) in [5.41, 5.74) is 3.36. The van der Waals surface area contributed by atoms with E-state index in [0.29, 0.717) is 5.56 Å². The second kappa shape index (κ2) is 5.77. The second-order valence-electron chi connectivity index (χ2n) is 4.11. The van der Waals surface area contributed by atoms with Gasteiger partial charge in [-0.2, -0.15) is 5.26 Å². The van der Waals surface area contributed by atoms with Gasteiger partial charge in [0.1, 0.15) is 11.8 Å². The number of ether oxygens (including phenoxy) is 1. The van der Waals surface area contributed by atoms with Crippen molar-refractivity contribution in [3.63, 3.8) is 0 Å². The summed E-state index contributed by atoms with van der Waals surface area (Å²) < 4.78 is 6.11. The molecule has 2 aromatic rings. The first-order valence-electron chi connectivity index (χ1n) is 5.75. The molecule has 4 heteroatoms. The molecule has 0 aliphatic rings. The predicted molar refractivity (Wildman–Crippen MR) is 79.9 cm³/mol. The number of nitrogens with zero attached hydrogens (tertiary/aromatic N) is 1. The SMILES string of the molecule is COc1ccc(Nc2ccc(Br)cc2C#N)cc1C. The van der Waals surface area contributed by atoms with E-state index < -0.39 is 0 Å². The zero-order chi connectivity index (χ0) is 13.8. The highest BCUT2D eigenvalue weighted by Crippen LogP contribution is 2.27. The Morgan fingerprint density at radius 3 is 2.63 bits per heavy atom. The summed E-state index contributed by atoms with van der Waals surface area (Å²) in [5, 5.41) is 12.4. The summed E-state index contributed by atoms with van der Waals surface area (Å²) in [6, 6.07) is 13.6. The molecule has 0 spiro atoms. The molecule has 0 heterocycles. The average molecular weight is 317 g/mol. The fourth-order valence-electron chi connectivity index (χ4n) is 1.83. The molecule has 0 aromatic heterocycles. The van der Waals surface area contributed by atoms with Crippen LogP contribution in [0, 0.1) is 18.3 Å². The molecule has 0 saturated carbocycles. The van der Waals surface area contributed by atoms with Crippen LogP contribution in [0.25, 0.3) is 0 Å². The quantitative estimate of drug-likeness (QED) is 0.913. The van der Waals surface area contributed by atoms with E-state index in [-0.39, 0.29) is 0 Å². The van der Waals surface area contributed by atoms with Crippen molar-refractivity contribution in [1.29, 1.82) is 5.26 Å². The fraction of sp³-hybridized carbons (Fsp3) is 0.133. The number of hydrogen-bond acceptors (Lipinski definition) is 3. The highest BCUT2D eigenvalue weighted by molar-refractivity contribution is 9.10. The summed E-state index contributed by atoms with van der Waals surface area (Å²) in [7, 11) is 1.65. The molecule has 0 radical (unpaired) electrons. The van der Waals surface area contributed by atoms with Gasteiger partial charge in [-0.3, -0.25) is 0 Å². The summed E-state index contributed by atoms with van der Waals surface area (Å²) in [6.45, 7) is 1.98. The van der Waals surface area contributed by atoms with Crippen molar-refractivity contribution in [2.24, 2.45) is 0 Å². The number of halogens is 1. The molecule has 2 aromatic carbocycles. The number of nitriles is 1. The topological polar surface area (TPSA) is 45.0 Å². The number of methoxy groups -OCH3 is 1. The zero-order valence-electron chi connectivity index (χ0n) is 10.7. The Bertz CT molecular complexity index is 647. The van der Waals surface area contributed by atoms with Crippen LogP contribution >= 0.6 is 15.9 Å². The molecule has 96 valence electrons. The molecule has 0 fully saturated rings. The van der Waals surface area contributed by atoms with E-state index in [1.165, 1.54) is 0 Å². The number of anilines is 2. The highest BCUT2D eigenvalue weighted by Gasteiger charge is 2.05. The van der Waals surface area contributed by atoms with Crippen molar-refractivity contribution in [2.45, 2.75) is 6.92 Å². The van der Waals surface area contributed by atoms with Gasteiger partial charge >= 0.3 is 0 Å². The van der Waals surface area contributed by atoms with Gasteiger partial charge in [0.15, 0.2) is 0 Å². The zero-order valence-corrected chi connectivity index (χ0v) is 12.3. The van der Waals surface area contributed by atoms with Gasteiger partial charge in [0.2, 0.25) is 0 Å². The largest absolute Gasteiger partial charge is 0.496 e. The maximum Gasteiger partial charge on any atom is 0.121 e. The lowest BCUT2D eigenvalue weighted by Crippen LogP contribution is -1.95. The molecule has 0 aliphatic heterocycles. The van der Waals surface area contributed by atoms with Gasteiger partial charge in [-0.05, 0) is 48.9 Å². The predicted octanol–water partition coefficient (Wildman–Crippen LogP) is 4.38. The van der Waals surface area contributed by atoms with Crippen LogP contribution in [0.1, 0.15) is 11.1 Å². The van der Waals surface area contributed by atoms with Gasteiger partial charge in [-0.1, -0.05) is 15.9 Å². The van der Waals surface area contributed by atoms with E-state index in [1.807, 2.05) is 37.3 Å². The van der Waals surface area contributed by atoms with Crippen LogP contribution in [0.4, 0.5) is 11.4 Å². The summed E-state index contributed by atoms with van der Waals surface area (Å²) >= 11 is 3.36. The number of rotatable bonds is 3. The third-order valence-electron chi connectivity index (χ3n) is 2.78. The fourth-order valence-corrected chi connectivity index (χ4v) is 2.19. The Hall–Kier alpha value is -1.99. The van der Waals surface area contributed by atoms with Crippen molar-refractivity contribution in [3.8, 4) is 11.8 Å². The van der Waals surface area contributed by atoms with Gasteiger partial charge < -0.3 is 10.1 Å². The van der Waals surface area contributed by atoms with Crippen molar-refractivity contribution < 1.29 is 4.74 Å². The molecule has 19 heavy (non-hydrogen) atoms. The van der Waals surface area contributed by atoms with Gasteiger partial charge in [-0.15, -0.1) is 0 Å². The summed E-state index contributed by atoms with van der Waals surface area (Å²) in [4.78, 5) is 0. The number of nitrogens with one attached hydrogen (secondary N) is 1. The lowest BCUT2D eigenvalue weighted by molar-refractivity contribution is 0.412. The van der Waals surface area contributed by atoms with Crippen LogP contribution in [0.2, 0.25) is 0 Å². The van der Waals surface area contributed by atoms with Crippen LogP contribution in [0.3, 0.4) is 0 Å². The minimum Gasteiger partial charge on any atom is -0.496 e. The van der Waals surface area contributed by atoms with Crippen molar-refractivity contribution in [1.82, 2.24) is 0 Å². The Kier molecular flexibility index (Phi) is 4.08. The van der Waals surface area contributed by atoms with E-state index in [4.69, 9.17) is 10.00 Å². The lowest BCUT2D eigenvalue weighted by atomic mass is 10.1. The molecule has 0 amide bonds. The van der Waals surface area contributed by atoms with E-state index in [1.54, 1.807) is 13.2 Å². The normalized spacial score (nSPS) is 9.79. The van der Waals surface area contributed by atoms with Crippen molar-refractivity contribution in [2.75, 3.05) is 12.4 Å². The first-order chi connectivity index (χ1) is 9.13. The first kappa shape index (κ1) is 13.4. The monoisotopic (exact) mass is 316 g/mol. The molecule has 2 rings (SSSR count). The number of benzene rings is 2. The Morgan fingerprint density at radius 1 is 1.21 bits per heavy atom. The standard InChI is InChI=1S/C15H13BrN2O/c1-10-7-13(4-6-15(10)19-2)18-14-5-3-12(16)8-11(14)9-17/h3-8,18H,1-2H3. The van der Waals surface area contributed by atoms with Gasteiger partial charge in [0.25, 0.3) is 0 Å². The molecule has 1 N–H and O–H groups in total. The maximum atomic E-state index is 9.13.